The smallest absolute Gasteiger partial charge is 0.493 e. The molecule has 138 valence electrons. The Balaban J connectivity index is 1.99. The Morgan fingerprint density at radius 3 is 2.23 bits per heavy atom. The van der Waals surface area contributed by atoms with Gasteiger partial charge in [0.1, 0.15) is 5.75 Å². The number of anilines is 1. The molecule has 8 heteroatoms. The van der Waals surface area contributed by atoms with Crippen LogP contribution in [0.1, 0.15) is 5.56 Å². The second-order valence-corrected chi connectivity index (χ2v) is 5.01. The molecule has 0 atom stereocenters. The largest absolute Gasteiger partial charge is 0.573 e. The fourth-order valence-corrected chi connectivity index (χ4v) is 2.05. The standard InChI is InChI=1S/C18H16F3NO4/c1-24-15-9-3-12(11-16(15)25-2)4-10-17(23)22-13-5-7-14(8-6-13)26-18(19,20)21/h3-11H,1-2H3,(H,22,23). The van der Waals surface area contributed by atoms with Crippen molar-refractivity contribution in [3.05, 3.63) is 54.1 Å². The van der Waals surface area contributed by atoms with Crippen molar-refractivity contribution in [1.29, 1.82) is 0 Å². The van der Waals surface area contributed by atoms with Crippen LogP contribution >= 0.6 is 0 Å². The minimum absolute atomic E-state index is 0.335. The molecule has 5 nitrogen and oxygen atoms in total. The fraction of sp³-hybridized carbons (Fsp3) is 0.167. The third kappa shape index (κ3) is 5.73. The predicted octanol–water partition coefficient (Wildman–Crippen LogP) is 4.25. The number of hydrogen-bond acceptors (Lipinski definition) is 4. The molecule has 0 saturated heterocycles. The van der Waals surface area contributed by atoms with Crippen LogP contribution in [0.5, 0.6) is 17.2 Å². The van der Waals surface area contributed by atoms with Gasteiger partial charge in [-0.15, -0.1) is 13.2 Å². The lowest BCUT2D eigenvalue weighted by atomic mass is 10.2. The van der Waals surface area contributed by atoms with Crippen molar-refractivity contribution in [2.75, 3.05) is 19.5 Å². The van der Waals surface area contributed by atoms with Crippen LogP contribution in [0.2, 0.25) is 0 Å². The van der Waals surface area contributed by atoms with Gasteiger partial charge in [-0.05, 0) is 48.0 Å². The topological polar surface area (TPSA) is 56.8 Å². The number of benzene rings is 2. The van der Waals surface area contributed by atoms with Crippen LogP contribution in [0, 0.1) is 0 Å². The monoisotopic (exact) mass is 367 g/mol. The molecule has 0 fully saturated rings. The van der Waals surface area contributed by atoms with Crippen LogP contribution in [0.4, 0.5) is 18.9 Å². The zero-order valence-electron chi connectivity index (χ0n) is 14.0. The second kappa shape index (κ2) is 8.28. The first kappa shape index (κ1) is 19.2. The molecule has 0 unspecified atom stereocenters. The molecule has 0 spiro atoms. The van der Waals surface area contributed by atoms with Gasteiger partial charge in [-0.25, -0.2) is 0 Å². The van der Waals surface area contributed by atoms with Gasteiger partial charge in [0.05, 0.1) is 14.2 Å². The highest BCUT2D eigenvalue weighted by Gasteiger charge is 2.30. The quantitative estimate of drug-likeness (QED) is 0.776. The van der Waals surface area contributed by atoms with Gasteiger partial charge >= 0.3 is 6.36 Å². The Morgan fingerprint density at radius 2 is 1.65 bits per heavy atom. The number of carbonyl (C=O) groups excluding carboxylic acids is 1. The van der Waals surface area contributed by atoms with E-state index < -0.39 is 12.3 Å². The number of ether oxygens (including phenoxy) is 3. The van der Waals surface area contributed by atoms with Crippen molar-refractivity contribution in [2.45, 2.75) is 6.36 Å². The molecule has 0 saturated carbocycles. The molecule has 2 rings (SSSR count). The van der Waals surface area contributed by atoms with E-state index in [1.54, 1.807) is 24.3 Å². The molecule has 0 aliphatic carbocycles. The van der Waals surface area contributed by atoms with E-state index in [2.05, 4.69) is 10.1 Å². The summed E-state index contributed by atoms with van der Waals surface area (Å²) in [5, 5.41) is 2.53. The highest BCUT2D eigenvalue weighted by molar-refractivity contribution is 6.01. The molecule has 1 N–H and O–H groups in total. The van der Waals surface area contributed by atoms with Crippen LogP contribution in [0.15, 0.2) is 48.5 Å². The number of alkyl halides is 3. The van der Waals surface area contributed by atoms with Crippen LogP contribution < -0.4 is 19.5 Å². The summed E-state index contributed by atoms with van der Waals surface area (Å²) >= 11 is 0. The minimum atomic E-state index is -4.76. The first-order valence-corrected chi connectivity index (χ1v) is 7.37. The number of halogens is 3. The lowest BCUT2D eigenvalue weighted by Crippen LogP contribution is -2.17. The SMILES string of the molecule is COc1ccc(C=CC(=O)Nc2ccc(OC(F)(F)F)cc2)cc1OC. The van der Waals surface area contributed by atoms with Gasteiger partial charge < -0.3 is 19.5 Å². The van der Waals surface area contributed by atoms with E-state index in [1.165, 1.54) is 32.4 Å². The summed E-state index contributed by atoms with van der Waals surface area (Å²) in [6.45, 7) is 0. The Kier molecular flexibility index (Phi) is 6.11. The van der Waals surface area contributed by atoms with E-state index in [-0.39, 0.29) is 5.75 Å². The first-order valence-electron chi connectivity index (χ1n) is 7.37. The number of nitrogens with one attached hydrogen (secondary N) is 1. The maximum absolute atomic E-state index is 12.1. The Hall–Kier alpha value is -3.16. The number of amides is 1. The highest BCUT2D eigenvalue weighted by Crippen LogP contribution is 2.28. The van der Waals surface area contributed by atoms with E-state index in [0.29, 0.717) is 22.7 Å². The number of rotatable bonds is 6. The number of carbonyl (C=O) groups is 1. The molecule has 0 heterocycles. The molecule has 0 aliphatic heterocycles. The maximum atomic E-state index is 12.1. The molecule has 0 bridgehead atoms. The lowest BCUT2D eigenvalue weighted by Gasteiger charge is -2.09. The third-order valence-corrected chi connectivity index (χ3v) is 3.19. The molecule has 0 aliphatic rings. The van der Waals surface area contributed by atoms with E-state index in [1.807, 2.05) is 0 Å². The van der Waals surface area contributed by atoms with E-state index in [0.717, 1.165) is 12.1 Å². The number of methoxy groups -OCH3 is 2. The van der Waals surface area contributed by atoms with Crippen molar-refractivity contribution >= 4 is 17.7 Å². The van der Waals surface area contributed by atoms with Crippen molar-refractivity contribution in [2.24, 2.45) is 0 Å². The van der Waals surface area contributed by atoms with Crippen molar-refractivity contribution in [3.63, 3.8) is 0 Å². The van der Waals surface area contributed by atoms with Gasteiger partial charge in [-0.2, -0.15) is 0 Å². The van der Waals surface area contributed by atoms with Gasteiger partial charge in [0.25, 0.3) is 0 Å². The molecule has 0 radical (unpaired) electrons. The Morgan fingerprint density at radius 1 is 1.00 bits per heavy atom. The summed E-state index contributed by atoms with van der Waals surface area (Å²) in [4.78, 5) is 11.9. The Bertz CT molecular complexity index is 786. The maximum Gasteiger partial charge on any atom is 0.573 e. The number of hydrogen-bond donors (Lipinski definition) is 1. The normalized spacial score (nSPS) is 11.3. The van der Waals surface area contributed by atoms with Gasteiger partial charge in [-0.1, -0.05) is 6.07 Å². The summed E-state index contributed by atoms with van der Waals surface area (Å²) in [5.41, 5.74) is 1.05. The predicted molar refractivity (Wildman–Crippen MR) is 90.3 cm³/mol. The fourth-order valence-electron chi connectivity index (χ4n) is 2.05. The summed E-state index contributed by atoms with van der Waals surface area (Å²) in [6.07, 6.45) is -1.90. The lowest BCUT2D eigenvalue weighted by molar-refractivity contribution is -0.274. The molecule has 26 heavy (non-hydrogen) atoms. The average Bonchev–Trinajstić information content (AvgIpc) is 2.60. The van der Waals surface area contributed by atoms with Crippen molar-refractivity contribution < 1.29 is 32.2 Å². The van der Waals surface area contributed by atoms with E-state index >= 15 is 0 Å². The molecule has 2 aromatic rings. The first-order chi connectivity index (χ1) is 12.3. The van der Waals surface area contributed by atoms with Crippen molar-refractivity contribution in [1.82, 2.24) is 0 Å². The molecule has 2 aromatic carbocycles. The minimum Gasteiger partial charge on any atom is -0.493 e. The molecule has 0 aromatic heterocycles. The van der Waals surface area contributed by atoms with E-state index in [9.17, 15) is 18.0 Å². The molecular weight excluding hydrogens is 351 g/mol. The molecule has 1 amide bonds. The van der Waals surface area contributed by atoms with Gasteiger partial charge in [0.2, 0.25) is 5.91 Å². The van der Waals surface area contributed by atoms with Crippen LogP contribution in [0.3, 0.4) is 0 Å². The summed E-state index contributed by atoms with van der Waals surface area (Å²) in [5.74, 6) is 0.284. The summed E-state index contributed by atoms with van der Waals surface area (Å²) < 4.78 is 50.4. The zero-order chi connectivity index (χ0) is 19.2. The molecular formula is C18H16F3NO4. The average molecular weight is 367 g/mol. The van der Waals surface area contributed by atoms with Crippen LogP contribution in [-0.4, -0.2) is 26.5 Å². The van der Waals surface area contributed by atoms with Gasteiger partial charge in [0.15, 0.2) is 11.5 Å². The highest BCUT2D eigenvalue weighted by atomic mass is 19.4. The van der Waals surface area contributed by atoms with E-state index in [4.69, 9.17) is 9.47 Å². The Labute approximate surface area is 148 Å². The summed E-state index contributed by atoms with van der Waals surface area (Å²) in [7, 11) is 3.02. The van der Waals surface area contributed by atoms with Gasteiger partial charge in [-0.3, -0.25) is 4.79 Å². The van der Waals surface area contributed by atoms with Crippen LogP contribution in [0.25, 0.3) is 6.08 Å². The third-order valence-electron chi connectivity index (χ3n) is 3.19. The second-order valence-electron chi connectivity index (χ2n) is 5.01. The van der Waals surface area contributed by atoms with Gasteiger partial charge in [0, 0.05) is 11.8 Å². The summed E-state index contributed by atoms with van der Waals surface area (Å²) in [6, 6.07) is 9.99. The van der Waals surface area contributed by atoms with Crippen LogP contribution in [-0.2, 0) is 4.79 Å². The van der Waals surface area contributed by atoms with Crippen molar-refractivity contribution in [3.8, 4) is 17.2 Å². The zero-order valence-corrected chi connectivity index (χ0v) is 14.0.